The average Bonchev–Trinajstić information content (AvgIpc) is 3.18. The second-order valence-electron chi connectivity index (χ2n) is 7.21. The lowest BCUT2D eigenvalue weighted by atomic mass is 10.0. The first kappa shape index (κ1) is 18.2. The first-order chi connectivity index (χ1) is 13.1. The Hall–Kier alpha value is -2.22. The molecule has 3 aliphatic rings. The Labute approximate surface area is 162 Å². The summed E-state index contributed by atoms with van der Waals surface area (Å²) in [5.74, 6) is 1.27. The lowest BCUT2D eigenvalue weighted by molar-refractivity contribution is -0.134. The van der Waals surface area contributed by atoms with Gasteiger partial charge >= 0.3 is 12.0 Å². The average molecular weight is 389 g/mol. The lowest BCUT2D eigenvalue weighted by Crippen LogP contribution is -2.36. The molecule has 2 fully saturated rings. The van der Waals surface area contributed by atoms with Gasteiger partial charge in [-0.3, -0.25) is 9.59 Å². The molecular formula is C19H23N3O4S. The number of carbonyl (C=O) groups is 3. The van der Waals surface area contributed by atoms with E-state index in [2.05, 4.69) is 16.0 Å². The van der Waals surface area contributed by atoms with Crippen LogP contribution in [0.1, 0.15) is 37.7 Å². The summed E-state index contributed by atoms with van der Waals surface area (Å²) in [6.07, 6.45) is 4.20. The molecule has 0 aromatic heterocycles. The van der Waals surface area contributed by atoms with Crippen molar-refractivity contribution >= 4 is 35.4 Å². The van der Waals surface area contributed by atoms with Crippen molar-refractivity contribution in [2.24, 2.45) is 0 Å². The van der Waals surface area contributed by atoms with Crippen LogP contribution in [0.2, 0.25) is 0 Å². The minimum Gasteiger partial charge on any atom is -0.427 e. The molecule has 1 aromatic rings. The number of thioether (sulfide) groups is 1. The fraction of sp³-hybridized carbons (Fsp3) is 0.526. The van der Waals surface area contributed by atoms with Gasteiger partial charge in [-0.25, -0.2) is 4.79 Å². The third-order valence-corrected chi connectivity index (χ3v) is 6.77. The van der Waals surface area contributed by atoms with E-state index in [-0.39, 0.29) is 30.0 Å². The van der Waals surface area contributed by atoms with E-state index in [1.807, 2.05) is 17.8 Å². The number of rotatable bonds is 6. The highest BCUT2D eigenvalue weighted by Crippen LogP contribution is 2.33. The molecule has 0 spiro atoms. The SMILES string of the molecule is O=C1CCc2cc(OC(=O)CCCC[C@@H]3SC[C@@H]4NC(=O)N[C@@H]43)ccc2N1. The fourth-order valence-corrected chi connectivity index (χ4v) is 5.41. The number of benzene rings is 1. The Bertz CT molecular complexity index is 769. The number of hydrogen-bond donors (Lipinski definition) is 3. The molecule has 3 heterocycles. The van der Waals surface area contributed by atoms with Crippen LogP contribution in [0, 0.1) is 0 Å². The van der Waals surface area contributed by atoms with Gasteiger partial charge in [-0.1, -0.05) is 6.42 Å². The van der Waals surface area contributed by atoms with Gasteiger partial charge < -0.3 is 20.7 Å². The summed E-state index contributed by atoms with van der Waals surface area (Å²) in [6.45, 7) is 0. The van der Waals surface area contributed by atoms with Gasteiger partial charge in [0.2, 0.25) is 5.91 Å². The van der Waals surface area contributed by atoms with Crippen molar-refractivity contribution in [2.45, 2.75) is 55.9 Å². The molecule has 0 radical (unpaired) electrons. The quantitative estimate of drug-likeness (QED) is 0.300. The lowest BCUT2D eigenvalue weighted by Gasteiger charge is -2.17. The monoisotopic (exact) mass is 389 g/mol. The van der Waals surface area contributed by atoms with Gasteiger partial charge in [-0.2, -0.15) is 11.8 Å². The van der Waals surface area contributed by atoms with E-state index in [1.165, 1.54) is 0 Å². The Morgan fingerprint density at radius 3 is 2.96 bits per heavy atom. The third-order valence-electron chi connectivity index (χ3n) is 5.26. The number of ether oxygens (including phenoxy) is 1. The zero-order chi connectivity index (χ0) is 18.8. The molecule has 4 rings (SSSR count). The number of aryl methyl sites for hydroxylation is 1. The maximum atomic E-state index is 12.1. The minimum atomic E-state index is -0.234. The summed E-state index contributed by atoms with van der Waals surface area (Å²) in [4.78, 5) is 34.9. The first-order valence-electron chi connectivity index (χ1n) is 9.40. The van der Waals surface area contributed by atoms with Crippen molar-refractivity contribution in [3.63, 3.8) is 0 Å². The van der Waals surface area contributed by atoms with Crippen LogP contribution in [0.4, 0.5) is 10.5 Å². The first-order valence-corrected chi connectivity index (χ1v) is 10.5. The van der Waals surface area contributed by atoms with Gasteiger partial charge in [0.15, 0.2) is 0 Å². The number of urea groups is 1. The van der Waals surface area contributed by atoms with Crippen molar-refractivity contribution < 1.29 is 19.1 Å². The van der Waals surface area contributed by atoms with E-state index < -0.39 is 0 Å². The summed E-state index contributed by atoms with van der Waals surface area (Å²) >= 11 is 1.89. The van der Waals surface area contributed by atoms with E-state index in [0.717, 1.165) is 36.3 Å². The number of amides is 3. The van der Waals surface area contributed by atoms with Gasteiger partial charge in [0.05, 0.1) is 12.1 Å². The molecule has 144 valence electrons. The summed E-state index contributed by atoms with van der Waals surface area (Å²) in [5, 5.41) is 9.16. The molecule has 8 heteroatoms. The highest BCUT2D eigenvalue weighted by Gasteiger charge is 2.42. The van der Waals surface area contributed by atoms with Crippen LogP contribution < -0.4 is 20.7 Å². The van der Waals surface area contributed by atoms with Gasteiger partial charge in [0.1, 0.15) is 5.75 Å². The fourth-order valence-electron chi connectivity index (χ4n) is 3.86. The van der Waals surface area contributed by atoms with Crippen molar-refractivity contribution in [1.82, 2.24) is 10.6 Å². The summed E-state index contributed by atoms with van der Waals surface area (Å²) in [5.41, 5.74) is 1.80. The zero-order valence-corrected chi connectivity index (χ0v) is 15.8. The molecule has 0 saturated carbocycles. The smallest absolute Gasteiger partial charge is 0.315 e. The molecular weight excluding hydrogens is 366 g/mol. The van der Waals surface area contributed by atoms with Gasteiger partial charge in [0.25, 0.3) is 0 Å². The van der Waals surface area contributed by atoms with E-state index in [0.29, 0.717) is 30.3 Å². The number of esters is 1. The molecule has 7 nitrogen and oxygen atoms in total. The maximum Gasteiger partial charge on any atom is 0.315 e. The van der Waals surface area contributed by atoms with Crippen molar-refractivity contribution in [1.29, 1.82) is 0 Å². The standard InChI is InChI=1S/C19H23N3O4S/c23-16-8-5-11-9-12(6-7-13(11)20-16)26-17(24)4-2-1-3-15-18-14(10-27-15)21-19(25)22-18/h6-7,9,14-15,18H,1-5,8,10H2,(H,20,23)(H2,21,22,25)/t14-,15-,18-/m0/s1. The van der Waals surface area contributed by atoms with Crippen LogP contribution in [-0.2, 0) is 16.0 Å². The number of carbonyl (C=O) groups excluding carboxylic acids is 3. The van der Waals surface area contributed by atoms with E-state index >= 15 is 0 Å². The minimum absolute atomic E-state index is 0.0203. The van der Waals surface area contributed by atoms with Crippen molar-refractivity contribution in [2.75, 3.05) is 11.1 Å². The Morgan fingerprint density at radius 1 is 1.19 bits per heavy atom. The second kappa shape index (κ2) is 7.80. The number of fused-ring (bicyclic) bond motifs is 2. The number of hydrogen-bond acceptors (Lipinski definition) is 5. The summed E-state index contributed by atoms with van der Waals surface area (Å²) in [6, 6.07) is 5.72. The van der Waals surface area contributed by atoms with Gasteiger partial charge in [0, 0.05) is 29.5 Å². The largest absolute Gasteiger partial charge is 0.427 e. The molecule has 0 unspecified atom stereocenters. The molecule has 0 aliphatic carbocycles. The molecule has 27 heavy (non-hydrogen) atoms. The van der Waals surface area contributed by atoms with Crippen LogP contribution in [0.3, 0.4) is 0 Å². The zero-order valence-electron chi connectivity index (χ0n) is 15.0. The predicted molar refractivity (Wildman–Crippen MR) is 103 cm³/mol. The topological polar surface area (TPSA) is 96.5 Å². The van der Waals surface area contributed by atoms with Gasteiger partial charge in [-0.15, -0.1) is 0 Å². The van der Waals surface area contributed by atoms with Crippen LogP contribution in [0.25, 0.3) is 0 Å². The van der Waals surface area contributed by atoms with Gasteiger partial charge in [-0.05, 0) is 43.0 Å². The molecule has 3 N–H and O–H groups in total. The number of unbranched alkanes of at least 4 members (excludes halogenated alkanes) is 1. The Balaban J connectivity index is 1.19. The van der Waals surface area contributed by atoms with Crippen LogP contribution in [0.15, 0.2) is 18.2 Å². The third kappa shape index (κ3) is 4.21. The van der Waals surface area contributed by atoms with E-state index in [1.54, 1.807) is 12.1 Å². The number of anilines is 1. The molecule has 2 saturated heterocycles. The maximum absolute atomic E-state index is 12.1. The number of nitrogens with one attached hydrogen (secondary N) is 3. The second-order valence-corrected chi connectivity index (χ2v) is 8.48. The van der Waals surface area contributed by atoms with Crippen molar-refractivity contribution in [3.8, 4) is 5.75 Å². The van der Waals surface area contributed by atoms with Crippen LogP contribution in [-0.4, -0.2) is 41.0 Å². The Morgan fingerprint density at radius 2 is 2.07 bits per heavy atom. The highest BCUT2D eigenvalue weighted by atomic mass is 32.2. The Kier molecular flexibility index (Phi) is 5.24. The molecule has 0 bridgehead atoms. The predicted octanol–water partition coefficient (Wildman–Crippen LogP) is 2.20. The normalized spacial score (nSPS) is 25.9. The molecule has 1 aromatic carbocycles. The van der Waals surface area contributed by atoms with Crippen LogP contribution in [0.5, 0.6) is 5.75 Å². The molecule has 3 aliphatic heterocycles. The van der Waals surface area contributed by atoms with Crippen LogP contribution >= 0.6 is 11.8 Å². The summed E-state index contributed by atoms with van der Waals surface area (Å²) < 4.78 is 5.44. The van der Waals surface area contributed by atoms with E-state index in [4.69, 9.17) is 4.74 Å². The highest BCUT2D eigenvalue weighted by molar-refractivity contribution is 8.00. The van der Waals surface area contributed by atoms with Crippen molar-refractivity contribution in [3.05, 3.63) is 23.8 Å². The summed E-state index contributed by atoms with van der Waals surface area (Å²) in [7, 11) is 0. The molecule has 3 amide bonds. The van der Waals surface area contributed by atoms with E-state index in [9.17, 15) is 14.4 Å². The molecule has 3 atom stereocenters.